The van der Waals surface area contributed by atoms with Gasteiger partial charge in [0.2, 0.25) is 5.91 Å². The molecule has 9 nitrogen and oxygen atoms in total. The smallest absolute Gasteiger partial charge is 0.294 e. The molecule has 0 radical (unpaired) electrons. The Morgan fingerprint density at radius 1 is 1.08 bits per heavy atom. The quantitative estimate of drug-likeness (QED) is 0.152. The van der Waals surface area contributed by atoms with Crippen LogP contribution in [0.1, 0.15) is 36.8 Å². The molecule has 2 fully saturated rings. The van der Waals surface area contributed by atoms with Gasteiger partial charge in [-0.1, -0.05) is 25.0 Å². The fourth-order valence-electron chi connectivity index (χ4n) is 4.06. The summed E-state index contributed by atoms with van der Waals surface area (Å²) < 4.78 is 7.52. The van der Waals surface area contributed by atoms with Gasteiger partial charge in [-0.25, -0.2) is 0 Å². The molecular weight excluding hydrogens is 724 g/mol. The lowest BCUT2D eigenvalue weighted by Gasteiger charge is -2.22. The van der Waals surface area contributed by atoms with Crippen LogP contribution in [0.2, 0.25) is 0 Å². The standard InChI is InChI=1S/C25H23I2N3O6S/c26-19-11-17(12-20(27)23(19)36-15-16-6-5-7-18(10-16)30(34)35)13-21-24(32)29(25(33)37-21)14-22(31)28-8-3-1-2-4-9-28/h5-7,10-13H,1-4,8-9,14-15H2. The van der Waals surface area contributed by atoms with E-state index in [-0.39, 0.29) is 29.7 Å². The van der Waals surface area contributed by atoms with Crippen molar-refractivity contribution in [2.75, 3.05) is 19.6 Å². The maximum Gasteiger partial charge on any atom is 0.294 e. The molecule has 0 aliphatic carbocycles. The van der Waals surface area contributed by atoms with E-state index in [1.165, 1.54) is 12.1 Å². The second kappa shape index (κ2) is 12.6. The van der Waals surface area contributed by atoms with E-state index in [1.54, 1.807) is 23.1 Å². The first-order valence-corrected chi connectivity index (χ1v) is 14.6. The fraction of sp³-hybridized carbons (Fsp3) is 0.320. The van der Waals surface area contributed by atoms with E-state index in [0.717, 1.165) is 55.0 Å². The predicted molar refractivity (Wildman–Crippen MR) is 157 cm³/mol. The van der Waals surface area contributed by atoms with Crippen molar-refractivity contribution in [3.63, 3.8) is 0 Å². The first-order chi connectivity index (χ1) is 17.7. The summed E-state index contributed by atoms with van der Waals surface area (Å²) in [5.41, 5.74) is 1.40. The highest BCUT2D eigenvalue weighted by Crippen LogP contribution is 2.35. The van der Waals surface area contributed by atoms with Gasteiger partial charge in [-0.2, -0.15) is 0 Å². The van der Waals surface area contributed by atoms with E-state index in [9.17, 15) is 24.5 Å². The second-order valence-electron chi connectivity index (χ2n) is 8.59. The summed E-state index contributed by atoms with van der Waals surface area (Å²) in [7, 11) is 0. The number of nitro groups is 1. The summed E-state index contributed by atoms with van der Waals surface area (Å²) in [6.07, 6.45) is 5.70. The van der Waals surface area contributed by atoms with Gasteiger partial charge in [-0.3, -0.25) is 29.4 Å². The molecule has 4 rings (SSSR count). The van der Waals surface area contributed by atoms with Gasteiger partial charge >= 0.3 is 0 Å². The van der Waals surface area contributed by atoms with Crippen LogP contribution in [0.4, 0.5) is 10.5 Å². The molecule has 2 saturated heterocycles. The number of rotatable bonds is 7. The lowest BCUT2D eigenvalue weighted by molar-refractivity contribution is -0.384. The first-order valence-electron chi connectivity index (χ1n) is 11.6. The zero-order valence-corrected chi connectivity index (χ0v) is 24.8. The predicted octanol–water partition coefficient (Wildman–Crippen LogP) is 5.82. The van der Waals surface area contributed by atoms with Crippen LogP contribution >= 0.6 is 56.9 Å². The number of nitrogens with zero attached hydrogens (tertiary/aromatic N) is 3. The Labute approximate surface area is 245 Å². The lowest BCUT2D eigenvalue weighted by Crippen LogP contribution is -2.42. The summed E-state index contributed by atoms with van der Waals surface area (Å²) in [5.74, 6) is -0.0324. The third-order valence-corrected chi connectivity index (χ3v) is 8.46. The molecular formula is C25H23I2N3O6S. The van der Waals surface area contributed by atoms with Gasteiger partial charge in [0, 0.05) is 25.2 Å². The highest BCUT2D eigenvalue weighted by Gasteiger charge is 2.37. The van der Waals surface area contributed by atoms with Crippen LogP contribution in [0.3, 0.4) is 0 Å². The Morgan fingerprint density at radius 2 is 1.76 bits per heavy atom. The molecule has 3 amide bonds. The number of likely N-dealkylation sites (tertiary alicyclic amines) is 1. The van der Waals surface area contributed by atoms with Crippen LogP contribution < -0.4 is 4.74 Å². The van der Waals surface area contributed by atoms with E-state index in [1.807, 2.05) is 12.1 Å². The molecule has 2 heterocycles. The number of thioether (sulfide) groups is 1. The van der Waals surface area contributed by atoms with Crippen molar-refractivity contribution < 1.29 is 24.0 Å². The molecule has 12 heteroatoms. The van der Waals surface area contributed by atoms with Crippen molar-refractivity contribution in [2.45, 2.75) is 32.3 Å². The van der Waals surface area contributed by atoms with Crippen molar-refractivity contribution in [1.82, 2.24) is 9.80 Å². The van der Waals surface area contributed by atoms with Crippen LogP contribution in [0.25, 0.3) is 6.08 Å². The van der Waals surface area contributed by atoms with E-state index in [2.05, 4.69) is 45.2 Å². The lowest BCUT2D eigenvalue weighted by atomic mass is 10.2. The number of benzene rings is 2. The average molecular weight is 747 g/mol. The maximum atomic E-state index is 12.9. The Hall–Kier alpha value is -2.20. The molecule has 0 aromatic heterocycles. The van der Waals surface area contributed by atoms with Crippen molar-refractivity contribution in [3.8, 4) is 5.75 Å². The molecule has 0 bridgehead atoms. The minimum atomic E-state index is -0.464. The number of imide groups is 1. The molecule has 0 spiro atoms. The fourth-order valence-corrected chi connectivity index (χ4v) is 7.03. The molecule has 37 heavy (non-hydrogen) atoms. The van der Waals surface area contributed by atoms with Gasteiger partial charge < -0.3 is 9.64 Å². The summed E-state index contributed by atoms with van der Waals surface area (Å²) in [6, 6.07) is 9.95. The Bertz CT molecular complexity index is 1250. The number of halogens is 2. The van der Waals surface area contributed by atoms with Crippen LogP contribution in [0.15, 0.2) is 41.3 Å². The minimum absolute atomic E-state index is 0.00270. The van der Waals surface area contributed by atoms with Gasteiger partial charge in [0.05, 0.1) is 17.0 Å². The maximum absolute atomic E-state index is 12.9. The normalized spacial score (nSPS) is 17.3. The number of hydrogen-bond acceptors (Lipinski definition) is 7. The summed E-state index contributed by atoms with van der Waals surface area (Å²) in [5, 5.41) is 10.6. The first kappa shape index (κ1) is 27.8. The largest absolute Gasteiger partial charge is 0.487 e. The zero-order chi connectivity index (χ0) is 26.5. The summed E-state index contributed by atoms with van der Waals surface area (Å²) >= 11 is 5.09. The molecule has 0 atom stereocenters. The second-order valence-corrected chi connectivity index (χ2v) is 11.9. The van der Waals surface area contributed by atoms with Crippen LogP contribution in [-0.2, 0) is 16.2 Å². The molecule has 2 aliphatic rings. The number of amides is 3. The van der Waals surface area contributed by atoms with Crippen molar-refractivity contribution in [1.29, 1.82) is 0 Å². The third-order valence-electron chi connectivity index (χ3n) is 5.95. The van der Waals surface area contributed by atoms with Crippen LogP contribution in [0, 0.1) is 17.3 Å². The van der Waals surface area contributed by atoms with Gasteiger partial charge in [-0.05, 0) is 99.1 Å². The third kappa shape index (κ3) is 7.02. The van der Waals surface area contributed by atoms with Gasteiger partial charge in [0.1, 0.15) is 18.9 Å². The number of hydrogen-bond donors (Lipinski definition) is 0. The molecule has 2 aromatic rings. The zero-order valence-electron chi connectivity index (χ0n) is 19.7. The van der Waals surface area contributed by atoms with Gasteiger partial charge in [0.15, 0.2) is 0 Å². The molecule has 0 unspecified atom stereocenters. The molecule has 0 saturated carbocycles. The van der Waals surface area contributed by atoms with E-state index >= 15 is 0 Å². The number of nitro benzene ring substituents is 1. The highest BCUT2D eigenvalue weighted by molar-refractivity contribution is 14.1. The Balaban J connectivity index is 1.44. The molecule has 2 aromatic carbocycles. The van der Waals surface area contributed by atoms with E-state index < -0.39 is 16.1 Å². The molecule has 194 valence electrons. The SMILES string of the molecule is O=C(CN1C(=O)SC(=Cc2cc(I)c(OCc3cccc([N+](=O)[O-])c3)c(I)c2)C1=O)N1CCCCCC1. The Morgan fingerprint density at radius 3 is 2.41 bits per heavy atom. The summed E-state index contributed by atoms with van der Waals surface area (Å²) in [6.45, 7) is 1.26. The van der Waals surface area contributed by atoms with Crippen molar-refractivity contribution in [2.24, 2.45) is 0 Å². The number of carbonyl (C=O) groups excluding carboxylic acids is 3. The monoisotopic (exact) mass is 747 g/mol. The van der Waals surface area contributed by atoms with Crippen LogP contribution in [0.5, 0.6) is 5.75 Å². The highest BCUT2D eigenvalue weighted by atomic mass is 127. The average Bonchev–Trinajstić information content (AvgIpc) is 3.04. The Kier molecular flexibility index (Phi) is 9.45. The number of non-ortho nitro benzene ring substituents is 1. The van der Waals surface area contributed by atoms with Crippen LogP contribution in [-0.4, -0.2) is 51.4 Å². The van der Waals surface area contributed by atoms with E-state index in [0.29, 0.717) is 24.4 Å². The molecule has 0 N–H and O–H groups in total. The van der Waals surface area contributed by atoms with Crippen molar-refractivity contribution >= 4 is 85.8 Å². The number of carbonyl (C=O) groups is 3. The molecule has 2 aliphatic heterocycles. The number of ether oxygens (including phenoxy) is 1. The van der Waals surface area contributed by atoms with Gasteiger partial charge in [-0.15, -0.1) is 0 Å². The topological polar surface area (TPSA) is 110 Å². The van der Waals surface area contributed by atoms with Gasteiger partial charge in [0.25, 0.3) is 16.8 Å². The van der Waals surface area contributed by atoms with E-state index in [4.69, 9.17) is 4.74 Å². The minimum Gasteiger partial charge on any atom is -0.487 e. The summed E-state index contributed by atoms with van der Waals surface area (Å²) in [4.78, 5) is 51.8. The van der Waals surface area contributed by atoms with Crippen molar-refractivity contribution in [3.05, 3.63) is 69.7 Å².